The van der Waals surface area contributed by atoms with E-state index in [1.165, 1.54) is 30.4 Å². The normalized spacial score (nSPS) is 10.4. The predicted octanol–water partition coefficient (Wildman–Crippen LogP) is 3.47. The molecule has 3 nitrogen and oxygen atoms in total. The summed E-state index contributed by atoms with van der Waals surface area (Å²) in [7, 11) is 0. The fraction of sp³-hybridized carbons (Fsp3) is 0. The van der Waals surface area contributed by atoms with Gasteiger partial charge in [0.15, 0.2) is 0 Å². The van der Waals surface area contributed by atoms with Crippen molar-refractivity contribution in [2.24, 2.45) is 0 Å². The van der Waals surface area contributed by atoms with Crippen LogP contribution in [0.2, 0.25) is 10.2 Å². The SMILES string of the molecule is Fc1nccc(Sc2cnc(Cl)cn2)c1Cl. The number of rotatable bonds is 2. The molecule has 0 atom stereocenters. The molecule has 0 unspecified atom stereocenters. The smallest absolute Gasteiger partial charge is 0.232 e. The number of aromatic nitrogens is 3. The van der Waals surface area contributed by atoms with Gasteiger partial charge in [-0.25, -0.2) is 15.0 Å². The third-order valence-corrected chi connectivity index (χ3v) is 3.27. The van der Waals surface area contributed by atoms with Gasteiger partial charge in [-0.3, -0.25) is 0 Å². The van der Waals surface area contributed by atoms with Gasteiger partial charge in [0.25, 0.3) is 0 Å². The van der Waals surface area contributed by atoms with Crippen LogP contribution in [0, 0.1) is 5.95 Å². The van der Waals surface area contributed by atoms with E-state index in [0.29, 0.717) is 15.1 Å². The lowest BCUT2D eigenvalue weighted by Gasteiger charge is -2.02. The molecule has 0 radical (unpaired) electrons. The Hall–Kier alpha value is -0.910. The molecule has 0 saturated heterocycles. The fourth-order valence-corrected chi connectivity index (χ4v) is 2.01. The Kier molecular flexibility index (Phi) is 3.58. The van der Waals surface area contributed by atoms with E-state index < -0.39 is 5.95 Å². The molecule has 2 aromatic heterocycles. The largest absolute Gasteiger partial charge is 0.245 e. The van der Waals surface area contributed by atoms with Gasteiger partial charge in [-0.05, 0) is 6.07 Å². The van der Waals surface area contributed by atoms with Gasteiger partial charge < -0.3 is 0 Å². The van der Waals surface area contributed by atoms with Crippen molar-refractivity contribution in [3.8, 4) is 0 Å². The molecule has 7 heteroatoms. The van der Waals surface area contributed by atoms with Crippen molar-refractivity contribution >= 4 is 35.0 Å². The highest BCUT2D eigenvalue weighted by atomic mass is 35.5. The standard InChI is InChI=1S/C9H4Cl2FN3S/c10-6-3-15-7(4-14-6)16-5-1-2-13-9(12)8(5)11/h1-4H. The lowest BCUT2D eigenvalue weighted by atomic mass is 10.5. The predicted molar refractivity (Wildman–Crippen MR) is 60.4 cm³/mol. The summed E-state index contributed by atoms with van der Waals surface area (Å²) in [6, 6.07) is 1.60. The van der Waals surface area contributed by atoms with Gasteiger partial charge in [-0.15, -0.1) is 0 Å². The van der Waals surface area contributed by atoms with E-state index in [1.54, 1.807) is 6.07 Å². The maximum atomic E-state index is 13.0. The van der Waals surface area contributed by atoms with Crippen molar-refractivity contribution in [1.29, 1.82) is 0 Å². The second-order valence-electron chi connectivity index (χ2n) is 2.69. The molecule has 2 aromatic rings. The fourth-order valence-electron chi connectivity index (χ4n) is 0.947. The average Bonchev–Trinajstić information content (AvgIpc) is 2.28. The maximum Gasteiger partial charge on any atom is 0.232 e. The molecular weight excluding hydrogens is 272 g/mol. The molecule has 0 bridgehead atoms. The summed E-state index contributed by atoms with van der Waals surface area (Å²) in [5, 5.41) is 0.859. The highest BCUT2D eigenvalue weighted by Crippen LogP contribution is 2.32. The molecule has 0 saturated carbocycles. The van der Waals surface area contributed by atoms with E-state index in [2.05, 4.69) is 15.0 Å². The quantitative estimate of drug-likeness (QED) is 0.787. The van der Waals surface area contributed by atoms with Crippen LogP contribution in [0.15, 0.2) is 34.6 Å². The summed E-state index contributed by atoms with van der Waals surface area (Å²) in [5.74, 6) is -0.700. The van der Waals surface area contributed by atoms with Gasteiger partial charge >= 0.3 is 0 Å². The Balaban J connectivity index is 2.27. The van der Waals surface area contributed by atoms with Crippen LogP contribution in [-0.4, -0.2) is 15.0 Å². The molecule has 16 heavy (non-hydrogen) atoms. The summed E-state index contributed by atoms with van der Waals surface area (Å²) in [6.45, 7) is 0. The van der Waals surface area contributed by atoms with Crippen LogP contribution in [0.5, 0.6) is 0 Å². The summed E-state index contributed by atoms with van der Waals surface area (Å²) in [4.78, 5) is 11.8. The topological polar surface area (TPSA) is 38.7 Å². The van der Waals surface area contributed by atoms with Crippen LogP contribution in [-0.2, 0) is 0 Å². The maximum absolute atomic E-state index is 13.0. The molecule has 0 spiro atoms. The molecule has 0 fully saturated rings. The first-order chi connectivity index (χ1) is 7.66. The van der Waals surface area contributed by atoms with Gasteiger partial charge in [-0.1, -0.05) is 35.0 Å². The zero-order valence-electron chi connectivity index (χ0n) is 7.69. The molecule has 0 aliphatic carbocycles. The Bertz CT molecular complexity index is 507. The summed E-state index contributed by atoms with van der Waals surface area (Å²) >= 11 is 12.5. The monoisotopic (exact) mass is 275 g/mol. The highest BCUT2D eigenvalue weighted by Gasteiger charge is 2.09. The first-order valence-electron chi connectivity index (χ1n) is 4.12. The molecule has 2 rings (SSSR count). The summed E-state index contributed by atoms with van der Waals surface area (Å²) in [6.07, 6.45) is 4.24. The Morgan fingerprint density at radius 1 is 1.12 bits per heavy atom. The Labute approximate surface area is 105 Å². The molecule has 0 aromatic carbocycles. The first kappa shape index (κ1) is 11.6. The molecule has 0 amide bonds. The average molecular weight is 276 g/mol. The Morgan fingerprint density at radius 3 is 2.62 bits per heavy atom. The van der Waals surface area contributed by atoms with Gasteiger partial charge in [0, 0.05) is 11.1 Å². The van der Waals surface area contributed by atoms with Crippen molar-refractivity contribution in [3.05, 3.63) is 40.8 Å². The highest BCUT2D eigenvalue weighted by molar-refractivity contribution is 7.99. The summed E-state index contributed by atoms with van der Waals surface area (Å²) < 4.78 is 13.0. The van der Waals surface area contributed by atoms with E-state index >= 15 is 0 Å². The number of halogens is 3. The minimum atomic E-state index is -0.700. The molecule has 0 aliphatic heterocycles. The number of hydrogen-bond acceptors (Lipinski definition) is 4. The van der Waals surface area contributed by atoms with E-state index in [4.69, 9.17) is 23.2 Å². The van der Waals surface area contributed by atoms with E-state index in [-0.39, 0.29) is 5.02 Å². The van der Waals surface area contributed by atoms with Crippen LogP contribution in [0.25, 0.3) is 0 Å². The van der Waals surface area contributed by atoms with E-state index in [0.717, 1.165) is 0 Å². The van der Waals surface area contributed by atoms with Crippen LogP contribution in [0.1, 0.15) is 0 Å². The summed E-state index contributed by atoms with van der Waals surface area (Å²) in [5.41, 5.74) is 0. The lowest BCUT2D eigenvalue weighted by Crippen LogP contribution is -1.87. The van der Waals surface area contributed by atoms with Crippen molar-refractivity contribution in [2.75, 3.05) is 0 Å². The zero-order chi connectivity index (χ0) is 11.5. The second-order valence-corrected chi connectivity index (χ2v) is 4.52. The van der Waals surface area contributed by atoms with Crippen molar-refractivity contribution < 1.29 is 4.39 Å². The third-order valence-electron chi connectivity index (χ3n) is 1.62. The number of pyridine rings is 1. The number of hydrogen-bond donors (Lipinski definition) is 0. The molecule has 0 N–H and O–H groups in total. The van der Waals surface area contributed by atoms with E-state index in [9.17, 15) is 4.39 Å². The first-order valence-corrected chi connectivity index (χ1v) is 5.69. The van der Waals surface area contributed by atoms with Gasteiger partial charge in [0.2, 0.25) is 5.95 Å². The lowest BCUT2D eigenvalue weighted by molar-refractivity contribution is 0.580. The molecular formula is C9H4Cl2FN3S. The molecule has 82 valence electrons. The van der Waals surface area contributed by atoms with Gasteiger partial charge in [-0.2, -0.15) is 4.39 Å². The van der Waals surface area contributed by atoms with E-state index in [1.807, 2.05) is 0 Å². The molecule has 0 aliphatic rings. The van der Waals surface area contributed by atoms with Crippen molar-refractivity contribution in [1.82, 2.24) is 15.0 Å². The van der Waals surface area contributed by atoms with Gasteiger partial charge in [0.05, 0.1) is 12.4 Å². The van der Waals surface area contributed by atoms with Crippen LogP contribution < -0.4 is 0 Å². The van der Waals surface area contributed by atoms with Crippen LogP contribution >= 0.6 is 35.0 Å². The Morgan fingerprint density at radius 2 is 1.94 bits per heavy atom. The van der Waals surface area contributed by atoms with Crippen molar-refractivity contribution in [3.63, 3.8) is 0 Å². The van der Waals surface area contributed by atoms with Gasteiger partial charge in [0.1, 0.15) is 15.2 Å². The third kappa shape index (κ3) is 2.61. The van der Waals surface area contributed by atoms with Crippen molar-refractivity contribution in [2.45, 2.75) is 9.92 Å². The minimum absolute atomic E-state index is 0.0238. The number of nitrogens with zero attached hydrogens (tertiary/aromatic N) is 3. The minimum Gasteiger partial charge on any atom is -0.245 e. The van der Waals surface area contributed by atoms with Crippen LogP contribution in [0.4, 0.5) is 4.39 Å². The van der Waals surface area contributed by atoms with Crippen LogP contribution in [0.3, 0.4) is 0 Å². The second kappa shape index (κ2) is 4.95. The molecule has 2 heterocycles. The zero-order valence-corrected chi connectivity index (χ0v) is 10.0.